The van der Waals surface area contributed by atoms with E-state index in [1.54, 1.807) is 0 Å². The standard InChI is InChI=1S/C43H27N3/c44-28-29-15-22-37-39-27-33(21-24-42(39)46(43(37)25-29)35-11-5-2-6-12-35)31-18-16-30(17-19-31)32-20-23-41-38(26-32)36-13-7-8-14-40(36)45(41)34-9-3-1-4-10-34/h1-27H. The van der Waals surface area contributed by atoms with Gasteiger partial charge in [-0.15, -0.1) is 0 Å². The summed E-state index contributed by atoms with van der Waals surface area (Å²) in [5, 5.41) is 14.4. The molecule has 0 aliphatic carbocycles. The first-order chi connectivity index (χ1) is 22.8. The summed E-state index contributed by atoms with van der Waals surface area (Å²) in [5.41, 5.74) is 12.2. The molecular formula is C43H27N3. The summed E-state index contributed by atoms with van der Waals surface area (Å²) in [6, 6.07) is 60.3. The van der Waals surface area contributed by atoms with Gasteiger partial charge in [0.25, 0.3) is 0 Å². The van der Waals surface area contributed by atoms with Gasteiger partial charge in [-0.1, -0.05) is 97.1 Å². The molecule has 0 unspecified atom stereocenters. The number of hydrogen-bond donors (Lipinski definition) is 0. The van der Waals surface area contributed by atoms with Crippen LogP contribution in [0.4, 0.5) is 0 Å². The number of benzene rings is 7. The minimum atomic E-state index is 0.658. The van der Waals surface area contributed by atoms with Crippen LogP contribution >= 0.6 is 0 Å². The van der Waals surface area contributed by atoms with E-state index in [4.69, 9.17) is 0 Å². The lowest BCUT2D eigenvalue weighted by Gasteiger charge is -2.09. The maximum Gasteiger partial charge on any atom is 0.0992 e. The Bertz CT molecular complexity index is 2620. The normalized spacial score (nSPS) is 11.5. The van der Waals surface area contributed by atoms with Gasteiger partial charge in [0.2, 0.25) is 0 Å². The van der Waals surface area contributed by atoms with Crippen LogP contribution < -0.4 is 0 Å². The molecule has 214 valence electrons. The molecular weight excluding hydrogens is 558 g/mol. The Kier molecular flexibility index (Phi) is 5.88. The molecule has 0 fully saturated rings. The monoisotopic (exact) mass is 585 g/mol. The van der Waals surface area contributed by atoms with Gasteiger partial charge in [0.15, 0.2) is 0 Å². The van der Waals surface area contributed by atoms with Crippen molar-refractivity contribution in [3.05, 3.63) is 169 Å². The van der Waals surface area contributed by atoms with Gasteiger partial charge >= 0.3 is 0 Å². The Morgan fingerprint density at radius 3 is 1.37 bits per heavy atom. The van der Waals surface area contributed by atoms with Gasteiger partial charge in [-0.2, -0.15) is 5.26 Å². The van der Waals surface area contributed by atoms with Crippen molar-refractivity contribution < 1.29 is 0 Å². The third-order valence-corrected chi connectivity index (χ3v) is 9.15. The highest BCUT2D eigenvalue weighted by Crippen LogP contribution is 2.37. The molecule has 9 aromatic rings. The van der Waals surface area contributed by atoms with Crippen LogP contribution in [0, 0.1) is 11.3 Å². The van der Waals surface area contributed by atoms with E-state index < -0.39 is 0 Å². The molecule has 0 radical (unpaired) electrons. The largest absolute Gasteiger partial charge is 0.309 e. The van der Waals surface area contributed by atoms with Gasteiger partial charge in [-0.05, 0) is 89.0 Å². The number of para-hydroxylation sites is 3. The fourth-order valence-electron chi connectivity index (χ4n) is 6.99. The molecule has 7 aromatic carbocycles. The van der Waals surface area contributed by atoms with E-state index in [0.29, 0.717) is 5.56 Å². The summed E-state index contributed by atoms with van der Waals surface area (Å²) in [7, 11) is 0. The summed E-state index contributed by atoms with van der Waals surface area (Å²) in [6.45, 7) is 0. The maximum atomic E-state index is 9.62. The smallest absolute Gasteiger partial charge is 0.0992 e. The second-order valence-corrected chi connectivity index (χ2v) is 11.7. The molecule has 0 saturated heterocycles. The first-order valence-electron chi connectivity index (χ1n) is 15.5. The van der Waals surface area contributed by atoms with E-state index in [0.717, 1.165) is 27.7 Å². The van der Waals surface area contributed by atoms with Crippen molar-refractivity contribution in [2.75, 3.05) is 0 Å². The fraction of sp³-hybridized carbons (Fsp3) is 0. The Balaban J connectivity index is 1.13. The zero-order valence-electron chi connectivity index (χ0n) is 24.9. The molecule has 0 atom stereocenters. The minimum absolute atomic E-state index is 0.658. The van der Waals surface area contributed by atoms with Crippen LogP contribution in [0.5, 0.6) is 0 Å². The Morgan fingerprint density at radius 1 is 0.348 bits per heavy atom. The van der Waals surface area contributed by atoms with Crippen molar-refractivity contribution in [3.8, 4) is 39.7 Å². The highest BCUT2D eigenvalue weighted by Gasteiger charge is 2.15. The molecule has 0 spiro atoms. The number of aromatic nitrogens is 2. The average molecular weight is 586 g/mol. The summed E-state index contributed by atoms with van der Waals surface area (Å²) in [6.07, 6.45) is 0. The molecule has 46 heavy (non-hydrogen) atoms. The molecule has 0 N–H and O–H groups in total. The summed E-state index contributed by atoms with van der Waals surface area (Å²) in [4.78, 5) is 0. The quantitative estimate of drug-likeness (QED) is 0.202. The van der Waals surface area contributed by atoms with E-state index in [9.17, 15) is 5.26 Å². The average Bonchev–Trinajstić information content (AvgIpc) is 3.64. The van der Waals surface area contributed by atoms with Gasteiger partial charge in [0, 0.05) is 32.9 Å². The first-order valence-corrected chi connectivity index (χ1v) is 15.5. The predicted molar refractivity (Wildman–Crippen MR) is 191 cm³/mol. The van der Waals surface area contributed by atoms with Crippen LogP contribution in [0.15, 0.2) is 164 Å². The molecule has 0 bridgehead atoms. The van der Waals surface area contributed by atoms with Gasteiger partial charge in [-0.3, -0.25) is 0 Å². The van der Waals surface area contributed by atoms with Crippen molar-refractivity contribution in [2.45, 2.75) is 0 Å². The number of hydrogen-bond acceptors (Lipinski definition) is 1. The number of nitriles is 1. The zero-order valence-corrected chi connectivity index (χ0v) is 24.9. The van der Waals surface area contributed by atoms with Gasteiger partial charge in [0.1, 0.15) is 0 Å². The highest BCUT2D eigenvalue weighted by atomic mass is 15.0. The van der Waals surface area contributed by atoms with Gasteiger partial charge < -0.3 is 9.13 Å². The summed E-state index contributed by atoms with van der Waals surface area (Å²) >= 11 is 0. The van der Waals surface area contributed by atoms with Crippen LogP contribution in [0.2, 0.25) is 0 Å². The van der Waals surface area contributed by atoms with Crippen LogP contribution in [-0.4, -0.2) is 9.13 Å². The van der Waals surface area contributed by atoms with Crippen molar-refractivity contribution in [2.24, 2.45) is 0 Å². The van der Waals surface area contributed by atoms with Crippen LogP contribution in [-0.2, 0) is 0 Å². The maximum absolute atomic E-state index is 9.62. The van der Waals surface area contributed by atoms with Gasteiger partial charge in [-0.25, -0.2) is 0 Å². The highest BCUT2D eigenvalue weighted by molar-refractivity contribution is 6.11. The Morgan fingerprint density at radius 2 is 0.804 bits per heavy atom. The molecule has 3 nitrogen and oxygen atoms in total. The third kappa shape index (κ3) is 4.05. The lowest BCUT2D eigenvalue weighted by atomic mass is 9.98. The molecule has 0 saturated carbocycles. The number of fused-ring (bicyclic) bond motifs is 6. The third-order valence-electron chi connectivity index (χ3n) is 9.15. The lowest BCUT2D eigenvalue weighted by molar-refractivity contribution is 1.18. The molecule has 0 amide bonds. The minimum Gasteiger partial charge on any atom is -0.309 e. The zero-order chi connectivity index (χ0) is 30.6. The van der Waals surface area contributed by atoms with Crippen molar-refractivity contribution in [1.29, 1.82) is 5.26 Å². The van der Waals surface area contributed by atoms with Crippen LogP contribution in [0.3, 0.4) is 0 Å². The lowest BCUT2D eigenvalue weighted by Crippen LogP contribution is -1.93. The van der Waals surface area contributed by atoms with Crippen LogP contribution in [0.25, 0.3) is 77.2 Å². The second kappa shape index (κ2) is 10.4. The first kappa shape index (κ1) is 26.1. The van der Waals surface area contributed by atoms with E-state index in [1.165, 1.54) is 49.6 Å². The van der Waals surface area contributed by atoms with Crippen molar-refractivity contribution >= 4 is 43.6 Å². The fourth-order valence-corrected chi connectivity index (χ4v) is 6.99. The van der Waals surface area contributed by atoms with E-state index in [2.05, 4.69) is 161 Å². The van der Waals surface area contributed by atoms with Gasteiger partial charge in [0.05, 0.1) is 33.7 Å². The summed E-state index contributed by atoms with van der Waals surface area (Å²) < 4.78 is 4.60. The molecule has 0 aliphatic heterocycles. The molecule has 9 rings (SSSR count). The molecule has 3 heteroatoms. The Hall–Kier alpha value is -6.37. The topological polar surface area (TPSA) is 33.6 Å². The number of rotatable bonds is 4. The molecule has 2 heterocycles. The molecule has 0 aliphatic rings. The van der Waals surface area contributed by atoms with Crippen molar-refractivity contribution in [1.82, 2.24) is 9.13 Å². The predicted octanol–water partition coefficient (Wildman–Crippen LogP) is 11.1. The van der Waals surface area contributed by atoms with Crippen molar-refractivity contribution in [3.63, 3.8) is 0 Å². The number of nitrogens with zero attached hydrogens (tertiary/aromatic N) is 3. The second-order valence-electron chi connectivity index (χ2n) is 11.7. The van der Waals surface area contributed by atoms with E-state index in [-0.39, 0.29) is 0 Å². The Labute approximate surface area is 266 Å². The van der Waals surface area contributed by atoms with E-state index in [1.807, 2.05) is 18.2 Å². The SMILES string of the molecule is N#Cc1ccc2c3cc(-c4ccc(-c5ccc6c(c5)c5ccccc5n6-c5ccccc5)cc4)ccc3n(-c3ccccc3)c2c1. The summed E-state index contributed by atoms with van der Waals surface area (Å²) in [5.74, 6) is 0. The van der Waals surface area contributed by atoms with E-state index >= 15 is 0 Å². The molecule has 2 aromatic heterocycles. The van der Waals surface area contributed by atoms with Crippen LogP contribution in [0.1, 0.15) is 5.56 Å².